The second-order valence-electron chi connectivity index (χ2n) is 2.90. The van der Waals surface area contributed by atoms with Gasteiger partial charge in [0.05, 0.1) is 18.1 Å². The van der Waals surface area contributed by atoms with Gasteiger partial charge in [0.1, 0.15) is 11.5 Å². The highest BCUT2D eigenvalue weighted by molar-refractivity contribution is 9.10. The lowest BCUT2D eigenvalue weighted by atomic mass is 10.2. The molecule has 0 radical (unpaired) electrons. The number of methoxy groups -OCH3 is 1. The Morgan fingerprint density at radius 3 is 2.64 bits per heavy atom. The molecule has 0 heterocycles. The Balaban J connectivity index is 3.11. The van der Waals surface area contributed by atoms with Crippen LogP contribution in [-0.2, 0) is 6.54 Å². The van der Waals surface area contributed by atoms with Crippen LogP contribution in [0.15, 0.2) is 16.6 Å². The van der Waals surface area contributed by atoms with Crippen LogP contribution in [-0.4, -0.2) is 29.5 Å². The molecule has 1 aromatic rings. The molecule has 0 aliphatic heterocycles. The van der Waals surface area contributed by atoms with Gasteiger partial charge in [0.25, 0.3) is 0 Å². The van der Waals surface area contributed by atoms with Gasteiger partial charge < -0.3 is 15.1 Å². The third kappa shape index (κ3) is 2.37. The van der Waals surface area contributed by atoms with Crippen molar-refractivity contribution in [3.63, 3.8) is 0 Å². The number of hydroxylamine groups is 2. The van der Waals surface area contributed by atoms with Crippen LogP contribution < -0.4 is 4.74 Å². The third-order valence-corrected chi connectivity index (χ3v) is 2.66. The van der Waals surface area contributed by atoms with E-state index in [9.17, 15) is 5.11 Å². The van der Waals surface area contributed by atoms with Gasteiger partial charge >= 0.3 is 0 Å². The summed E-state index contributed by atoms with van der Waals surface area (Å²) in [5.74, 6) is 0.748. The van der Waals surface area contributed by atoms with E-state index in [-0.39, 0.29) is 12.3 Å². The molecule has 14 heavy (non-hydrogen) atoms. The van der Waals surface area contributed by atoms with Gasteiger partial charge in [-0.25, -0.2) is 0 Å². The van der Waals surface area contributed by atoms with Gasteiger partial charge in [0.2, 0.25) is 0 Å². The van der Waals surface area contributed by atoms with Gasteiger partial charge in [-0.15, -0.1) is 0 Å². The van der Waals surface area contributed by atoms with Crippen LogP contribution in [0.2, 0.25) is 0 Å². The Bertz CT molecular complexity index is 328. The Kier molecular flexibility index (Phi) is 3.74. The predicted octanol–water partition coefficient (Wildman–Crippen LogP) is 1.98. The zero-order valence-corrected chi connectivity index (χ0v) is 9.58. The molecule has 0 aliphatic carbocycles. The minimum atomic E-state index is 0.124. The Morgan fingerprint density at radius 1 is 1.50 bits per heavy atom. The molecular weight excluding hydrogens is 250 g/mol. The van der Waals surface area contributed by atoms with Gasteiger partial charge in [-0.1, -0.05) is 0 Å². The molecule has 2 N–H and O–H groups in total. The average Bonchev–Trinajstić information content (AvgIpc) is 2.12. The molecule has 0 aromatic heterocycles. The number of phenolic OH excluding ortho intramolecular Hbond substituents is 1. The van der Waals surface area contributed by atoms with Gasteiger partial charge in [0, 0.05) is 12.6 Å². The maximum Gasteiger partial charge on any atom is 0.133 e. The van der Waals surface area contributed by atoms with Crippen LogP contribution in [0.3, 0.4) is 0 Å². The van der Waals surface area contributed by atoms with Gasteiger partial charge in [-0.2, -0.15) is 5.06 Å². The molecule has 5 heteroatoms. The standard InChI is InChI=1S/C9H12BrNO3/c1-11(13)5-6-7(12)3-4-8(14-2)9(6)10/h3-4,12-13H,5H2,1-2H3. The first-order chi connectivity index (χ1) is 6.56. The molecular formula is C9H12BrNO3. The summed E-state index contributed by atoms with van der Waals surface area (Å²) in [4.78, 5) is 0. The smallest absolute Gasteiger partial charge is 0.133 e. The normalized spacial score (nSPS) is 10.6. The molecule has 0 aliphatic rings. The molecule has 78 valence electrons. The minimum absolute atomic E-state index is 0.124. The maximum absolute atomic E-state index is 9.54. The first-order valence-electron chi connectivity index (χ1n) is 4.00. The molecule has 1 aromatic carbocycles. The molecule has 0 amide bonds. The number of hydrogen-bond donors (Lipinski definition) is 2. The second-order valence-corrected chi connectivity index (χ2v) is 3.69. The minimum Gasteiger partial charge on any atom is -0.508 e. The second kappa shape index (κ2) is 4.63. The fourth-order valence-electron chi connectivity index (χ4n) is 1.13. The van der Waals surface area contributed by atoms with Crippen molar-refractivity contribution in [3.8, 4) is 11.5 Å². The zero-order chi connectivity index (χ0) is 10.7. The van der Waals surface area contributed by atoms with Crippen LogP contribution in [0.25, 0.3) is 0 Å². The lowest BCUT2D eigenvalue weighted by Crippen LogP contribution is -2.12. The van der Waals surface area contributed by atoms with Crippen LogP contribution >= 0.6 is 15.9 Å². The third-order valence-electron chi connectivity index (χ3n) is 1.79. The van der Waals surface area contributed by atoms with E-state index in [0.717, 1.165) is 5.06 Å². The van der Waals surface area contributed by atoms with E-state index in [0.29, 0.717) is 15.8 Å². The van der Waals surface area contributed by atoms with Crippen molar-refractivity contribution < 1.29 is 15.1 Å². The van der Waals surface area contributed by atoms with Gasteiger partial charge in [-0.05, 0) is 28.1 Å². The van der Waals surface area contributed by atoms with E-state index in [2.05, 4.69) is 15.9 Å². The number of aromatic hydroxyl groups is 1. The Hall–Kier alpha value is -0.780. The van der Waals surface area contributed by atoms with Crippen molar-refractivity contribution in [1.82, 2.24) is 5.06 Å². The summed E-state index contributed by atoms with van der Waals surface area (Å²) >= 11 is 3.30. The Morgan fingerprint density at radius 2 is 2.14 bits per heavy atom. The summed E-state index contributed by atoms with van der Waals surface area (Å²) in [7, 11) is 3.05. The number of ether oxygens (including phenoxy) is 1. The molecule has 0 fully saturated rings. The zero-order valence-electron chi connectivity index (χ0n) is 7.99. The lowest BCUT2D eigenvalue weighted by molar-refractivity contribution is -0.0737. The number of nitrogens with zero attached hydrogens (tertiary/aromatic N) is 1. The SMILES string of the molecule is COc1ccc(O)c(CN(C)O)c1Br. The van der Waals surface area contributed by atoms with E-state index in [1.807, 2.05) is 0 Å². The van der Waals surface area contributed by atoms with E-state index in [1.165, 1.54) is 13.1 Å². The highest BCUT2D eigenvalue weighted by Gasteiger charge is 2.12. The number of halogens is 1. The van der Waals surface area contributed by atoms with E-state index in [1.54, 1.807) is 13.2 Å². The lowest BCUT2D eigenvalue weighted by Gasteiger charge is -2.13. The monoisotopic (exact) mass is 261 g/mol. The summed E-state index contributed by atoms with van der Waals surface area (Å²) < 4.78 is 5.72. The quantitative estimate of drug-likeness (QED) is 0.818. The van der Waals surface area contributed by atoms with Crippen molar-refractivity contribution >= 4 is 15.9 Å². The average molecular weight is 262 g/mol. The van der Waals surface area contributed by atoms with Crippen molar-refractivity contribution in [2.75, 3.05) is 14.2 Å². The van der Waals surface area contributed by atoms with Gasteiger partial charge in [0.15, 0.2) is 0 Å². The fourth-order valence-corrected chi connectivity index (χ4v) is 1.75. The molecule has 4 nitrogen and oxygen atoms in total. The first kappa shape index (κ1) is 11.3. The van der Waals surface area contributed by atoms with Crippen molar-refractivity contribution in [1.29, 1.82) is 0 Å². The van der Waals surface area contributed by atoms with Crippen molar-refractivity contribution in [2.45, 2.75) is 6.54 Å². The molecule has 0 spiro atoms. The summed E-state index contributed by atoms with van der Waals surface area (Å²) in [6.07, 6.45) is 0. The van der Waals surface area contributed by atoms with Crippen LogP contribution in [0.4, 0.5) is 0 Å². The summed E-state index contributed by atoms with van der Waals surface area (Å²) in [5.41, 5.74) is 0.592. The summed E-state index contributed by atoms with van der Waals surface area (Å²) in [6, 6.07) is 3.18. The summed E-state index contributed by atoms with van der Waals surface area (Å²) in [5, 5.41) is 19.6. The summed E-state index contributed by atoms with van der Waals surface area (Å²) in [6.45, 7) is 0.226. The number of phenols is 1. The Labute approximate surface area is 90.8 Å². The largest absolute Gasteiger partial charge is 0.508 e. The molecule has 0 saturated heterocycles. The highest BCUT2D eigenvalue weighted by Crippen LogP contribution is 2.34. The van der Waals surface area contributed by atoms with Crippen molar-refractivity contribution in [2.24, 2.45) is 0 Å². The van der Waals surface area contributed by atoms with Crippen molar-refractivity contribution in [3.05, 3.63) is 22.2 Å². The van der Waals surface area contributed by atoms with E-state index >= 15 is 0 Å². The molecule has 0 unspecified atom stereocenters. The molecule has 0 saturated carbocycles. The van der Waals surface area contributed by atoms with E-state index < -0.39 is 0 Å². The topological polar surface area (TPSA) is 52.9 Å². The van der Waals surface area contributed by atoms with Crippen LogP contribution in [0, 0.1) is 0 Å². The van der Waals surface area contributed by atoms with Gasteiger partial charge in [-0.3, -0.25) is 0 Å². The maximum atomic E-state index is 9.54. The number of rotatable bonds is 3. The fraction of sp³-hybridized carbons (Fsp3) is 0.333. The molecule has 0 bridgehead atoms. The molecule has 1 rings (SSSR count). The van der Waals surface area contributed by atoms with Crippen LogP contribution in [0.5, 0.6) is 11.5 Å². The number of hydrogen-bond acceptors (Lipinski definition) is 4. The van der Waals surface area contributed by atoms with Crippen LogP contribution in [0.1, 0.15) is 5.56 Å². The number of benzene rings is 1. The first-order valence-corrected chi connectivity index (χ1v) is 4.80. The van der Waals surface area contributed by atoms with E-state index in [4.69, 9.17) is 9.94 Å². The highest BCUT2D eigenvalue weighted by atomic mass is 79.9. The molecule has 0 atom stereocenters. The predicted molar refractivity (Wildman–Crippen MR) is 55.6 cm³/mol.